The first-order valence-electron chi connectivity index (χ1n) is 11.6. The van der Waals surface area contributed by atoms with Crippen LogP contribution < -0.4 is 10.1 Å². The molecule has 0 bridgehead atoms. The van der Waals surface area contributed by atoms with Crippen LogP contribution in [-0.4, -0.2) is 43.0 Å². The summed E-state index contributed by atoms with van der Waals surface area (Å²) in [5.74, 6) is 1.29. The standard InChI is InChI=1S/C27H30N2O4/c30-26(29-16-5-2-6-17-29)20-33-23-12-7-11-22(19-23)27(31)28-15-14-24(25-13-8-18-32-25)21-9-3-1-4-10-21/h1,3-4,7-13,18-19,24H,2,5-6,14-17,20H2,(H,28,31)/t24-/m0/s1. The monoisotopic (exact) mass is 446 g/mol. The van der Waals surface area contributed by atoms with Crippen LogP contribution in [0.3, 0.4) is 0 Å². The molecular weight excluding hydrogens is 416 g/mol. The Labute approximate surface area is 194 Å². The second kappa shape index (κ2) is 11.4. The number of nitrogens with one attached hydrogen (secondary N) is 1. The zero-order valence-electron chi connectivity index (χ0n) is 18.7. The first kappa shape index (κ1) is 22.6. The van der Waals surface area contributed by atoms with Crippen molar-refractivity contribution in [1.82, 2.24) is 10.2 Å². The van der Waals surface area contributed by atoms with Crippen LogP contribution in [0, 0.1) is 0 Å². The molecule has 1 fully saturated rings. The predicted molar refractivity (Wildman–Crippen MR) is 126 cm³/mol. The van der Waals surface area contributed by atoms with Crippen LogP contribution in [-0.2, 0) is 4.79 Å². The van der Waals surface area contributed by atoms with Gasteiger partial charge in [-0.2, -0.15) is 0 Å². The van der Waals surface area contributed by atoms with Gasteiger partial charge in [0.25, 0.3) is 11.8 Å². The molecular formula is C27H30N2O4. The molecule has 1 aliphatic heterocycles. The van der Waals surface area contributed by atoms with E-state index in [1.165, 1.54) is 6.42 Å². The van der Waals surface area contributed by atoms with E-state index < -0.39 is 0 Å². The van der Waals surface area contributed by atoms with Crippen LogP contribution in [0.4, 0.5) is 0 Å². The Morgan fingerprint density at radius 1 is 0.970 bits per heavy atom. The Kier molecular flexibility index (Phi) is 7.80. The molecule has 0 unspecified atom stereocenters. The third-order valence-electron chi connectivity index (χ3n) is 5.97. The van der Waals surface area contributed by atoms with Gasteiger partial charge in [0.05, 0.1) is 6.26 Å². The number of hydrogen-bond donors (Lipinski definition) is 1. The lowest BCUT2D eigenvalue weighted by Crippen LogP contribution is -2.38. The minimum Gasteiger partial charge on any atom is -0.484 e. The first-order chi connectivity index (χ1) is 16.2. The van der Waals surface area contributed by atoms with Gasteiger partial charge in [-0.05, 0) is 61.6 Å². The average molecular weight is 447 g/mol. The van der Waals surface area contributed by atoms with E-state index >= 15 is 0 Å². The highest BCUT2D eigenvalue weighted by Crippen LogP contribution is 2.28. The molecule has 3 aromatic rings. The lowest BCUT2D eigenvalue weighted by atomic mass is 9.93. The number of carbonyl (C=O) groups is 2. The summed E-state index contributed by atoms with van der Waals surface area (Å²) in [6.07, 6.45) is 5.66. The van der Waals surface area contributed by atoms with Crippen LogP contribution in [0.25, 0.3) is 0 Å². The number of ether oxygens (including phenoxy) is 1. The molecule has 0 radical (unpaired) electrons. The fraction of sp³-hybridized carbons (Fsp3) is 0.333. The number of likely N-dealkylation sites (tertiary alicyclic amines) is 1. The van der Waals surface area contributed by atoms with E-state index in [2.05, 4.69) is 17.4 Å². The topological polar surface area (TPSA) is 71.8 Å². The molecule has 2 heterocycles. The maximum Gasteiger partial charge on any atom is 0.260 e. The lowest BCUT2D eigenvalue weighted by Gasteiger charge is -2.26. The summed E-state index contributed by atoms with van der Waals surface area (Å²) in [4.78, 5) is 26.9. The second-order valence-electron chi connectivity index (χ2n) is 8.28. The van der Waals surface area contributed by atoms with Crippen molar-refractivity contribution in [3.8, 4) is 5.75 Å². The van der Waals surface area contributed by atoms with Gasteiger partial charge in [-0.1, -0.05) is 36.4 Å². The zero-order valence-corrected chi connectivity index (χ0v) is 18.7. The first-order valence-corrected chi connectivity index (χ1v) is 11.6. The SMILES string of the molecule is O=C(NCC[C@@H](c1ccccc1)c1ccco1)c1cccc(OCC(=O)N2CCCCC2)c1. The van der Waals surface area contributed by atoms with Gasteiger partial charge in [0.1, 0.15) is 11.5 Å². The number of nitrogens with zero attached hydrogens (tertiary/aromatic N) is 1. The highest BCUT2D eigenvalue weighted by molar-refractivity contribution is 5.94. The highest BCUT2D eigenvalue weighted by atomic mass is 16.5. The molecule has 33 heavy (non-hydrogen) atoms. The quantitative estimate of drug-likeness (QED) is 0.521. The van der Waals surface area contributed by atoms with Gasteiger partial charge in [0, 0.05) is 31.1 Å². The van der Waals surface area contributed by atoms with E-state index in [0.717, 1.165) is 37.3 Å². The summed E-state index contributed by atoms with van der Waals surface area (Å²) in [6, 6.07) is 20.9. The predicted octanol–water partition coefficient (Wildman–Crippen LogP) is 4.62. The smallest absolute Gasteiger partial charge is 0.260 e. The number of carbonyl (C=O) groups excluding carboxylic acids is 2. The third-order valence-corrected chi connectivity index (χ3v) is 5.97. The molecule has 1 aromatic heterocycles. The number of benzene rings is 2. The highest BCUT2D eigenvalue weighted by Gasteiger charge is 2.18. The minimum absolute atomic E-state index is 0.00515. The van der Waals surface area contributed by atoms with E-state index in [1.54, 1.807) is 30.5 Å². The molecule has 6 nitrogen and oxygen atoms in total. The van der Waals surface area contributed by atoms with Crippen molar-refractivity contribution in [3.05, 3.63) is 89.9 Å². The van der Waals surface area contributed by atoms with E-state index in [1.807, 2.05) is 35.2 Å². The molecule has 1 aliphatic rings. The Balaban J connectivity index is 1.30. The average Bonchev–Trinajstić information content (AvgIpc) is 3.41. The van der Waals surface area contributed by atoms with Crippen LogP contribution in [0.5, 0.6) is 5.75 Å². The van der Waals surface area contributed by atoms with Gasteiger partial charge in [-0.3, -0.25) is 9.59 Å². The fourth-order valence-corrected chi connectivity index (χ4v) is 4.19. The second-order valence-corrected chi connectivity index (χ2v) is 8.28. The van der Waals surface area contributed by atoms with E-state index in [0.29, 0.717) is 24.3 Å². The maximum atomic E-state index is 12.7. The molecule has 0 saturated carbocycles. The van der Waals surface area contributed by atoms with Gasteiger partial charge in [-0.15, -0.1) is 0 Å². The van der Waals surface area contributed by atoms with Gasteiger partial charge >= 0.3 is 0 Å². The van der Waals surface area contributed by atoms with Crippen molar-refractivity contribution in [2.45, 2.75) is 31.6 Å². The summed E-state index contributed by atoms with van der Waals surface area (Å²) in [6.45, 7) is 2.09. The number of furan rings is 1. The van der Waals surface area contributed by atoms with Crippen molar-refractivity contribution in [1.29, 1.82) is 0 Å². The zero-order chi connectivity index (χ0) is 22.9. The van der Waals surface area contributed by atoms with Gasteiger partial charge in [-0.25, -0.2) is 0 Å². The van der Waals surface area contributed by atoms with Crippen LogP contribution in [0.1, 0.15) is 53.3 Å². The Morgan fingerprint density at radius 3 is 2.55 bits per heavy atom. The van der Waals surface area contributed by atoms with Crippen LogP contribution in [0.15, 0.2) is 77.4 Å². The van der Waals surface area contributed by atoms with Crippen LogP contribution in [0.2, 0.25) is 0 Å². The number of piperidine rings is 1. The summed E-state index contributed by atoms with van der Waals surface area (Å²) in [5.41, 5.74) is 1.66. The molecule has 6 heteroatoms. The molecule has 1 saturated heterocycles. The summed E-state index contributed by atoms with van der Waals surface area (Å²) in [7, 11) is 0. The molecule has 2 amide bonds. The van der Waals surface area contributed by atoms with Crippen molar-refractivity contribution >= 4 is 11.8 Å². The van der Waals surface area contributed by atoms with E-state index in [9.17, 15) is 9.59 Å². The molecule has 1 N–H and O–H groups in total. The lowest BCUT2D eigenvalue weighted by molar-refractivity contribution is -0.134. The molecule has 2 aromatic carbocycles. The van der Waals surface area contributed by atoms with Gasteiger partial charge in [0.2, 0.25) is 0 Å². The van der Waals surface area contributed by atoms with Gasteiger partial charge in [0.15, 0.2) is 6.61 Å². The molecule has 172 valence electrons. The minimum atomic E-state index is -0.172. The largest absolute Gasteiger partial charge is 0.484 e. The molecule has 0 spiro atoms. The van der Waals surface area contributed by atoms with Gasteiger partial charge < -0.3 is 19.4 Å². The summed E-state index contributed by atoms with van der Waals surface area (Å²) >= 11 is 0. The van der Waals surface area contributed by atoms with Crippen molar-refractivity contribution in [2.75, 3.05) is 26.2 Å². The number of rotatable bonds is 9. The Bertz CT molecular complexity index is 1030. The third kappa shape index (κ3) is 6.25. The maximum absolute atomic E-state index is 12.7. The van der Waals surface area contributed by atoms with Crippen LogP contribution >= 0.6 is 0 Å². The summed E-state index contributed by atoms with van der Waals surface area (Å²) in [5, 5.41) is 2.99. The van der Waals surface area contributed by atoms with E-state index in [4.69, 9.17) is 9.15 Å². The van der Waals surface area contributed by atoms with Crippen molar-refractivity contribution < 1.29 is 18.7 Å². The molecule has 4 rings (SSSR count). The van der Waals surface area contributed by atoms with Crippen molar-refractivity contribution in [2.24, 2.45) is 0 Å². The van der Waals surface area contributed by atoms with E-state index in [-0.39, 0.29) is 24.3 Å². The number of hydrogen-bond acceptors (Lipinski definition) is 4. The molecule has 0 aliphatic carbocycles. The van der Waals surface area contributed by atoms with Crippen molar-refractivity contribution in [3.63, 3.8) is 0 Å². The Hall–Kier alpha value is -3.54. The molecule has 1 atom stereocenters. The number of amides is 2. The fourth-order valence-electron chi connectivity index (χ4n) is 4.19. The normalized spacial score (nSPS) is 14.5. The summed E-state index contributed by atoms with van der Waals surface area (Å²) < 4.78 is 11.3. The Morgan fingerprint density at radius 2 is 1.79 bits per heavy atom.